The number of nitrogens with zero attached hydrogens (tertiary/aromatic N) is 2. The van der Waals surface area contributed by atoms with Gasteiger partial charge in [-0.15, -0.1) is 0 Å². The van der Waals surface area contributed by atoms with Crippen LogP contribution in [0.5, 0.6) is 0 Å². The van der Waals surface area contributed by atoms with Crippen LogP contribution in [0, 0.1) is 5.92 Å². The van der Waals surface area contributed by atoms with Gasteiger partial charge in [0.15, 0.2) is 0 Å². The normalized spacial score (nSPS) is 25.7. The van der Waals surface area contributed by atoms with E-state index in [4.69, 9.17) is 0 Å². The number of aromatic nitrogens is 2. The molecule has 0 spiro atoms. The highest BCUT2D eigenvalue weighted by Gasteiger charge is 2.25. The molecule has 2 unspecified atom stereocenters. The standard InChI is InChI=1S/C11H19N3S/c1-3-6-12-11-13-10(14-15-11)9-5-4-8(2)7-9/h8-9H,3-7H2,1-2H3,(H,12,13,14). The molecule has 1 aromatic rings. The number of rotatable bonds is 4. The van der Waals surface area contributed by atoms with Gasteiger partial charge >= 0.3 is 0 Å². The van der Waals surface area contributed by atoms with E-state index < -0.39 is 0 Å². The van der Waals surface area contributed by atoms with Crippen molar-refractivity contribution in [2.45, 2.75) is 45.4 Å². The Hall–Kier alpha value is -0.640. The highest BCUT2D eigenvalue weighted by atomic mass is 32.1. The van der Waals surface area contributed by atoms with Crippen LogP contribution in [-0.2, 0) is 0 Å². The molecule has 1 aromatic heterocycles. The minimum Gasteiger partial charge on any atom is -0.360 e. The van der Waals surface area contributed by atoms with Crippen LogP contribution in [0.3, 0.4) is 0 Å². The van der Waals surface area contributed by atoms with Crippen molar-refractivity contribution in [2.24, 2.45) is 5.92 Å². The summed E-state index contributed by atoms with van der Waals surface area (Å²) in [5.74, 6) is 2.54. The predicted octanol–water partition coefficient (Wildman–Crippen LogP) is 3.26. The first-order valence-corrected chi connectivity index (χ1v) is 6.64. The molecule has 0 radical (unpaired) electrons. The third-order valence-electron chi connectivity index (χ3n) is 3.03. The summed E-state index contributed by atoms with van der Waals surface area (Å²) in [4.78, 5) is 4.56. The minimum absolute atomic E-state index is 0.619. The van der Waals surface area contributed by atoms with Crippen LogP contribution in [0.4, 0.5) is 5.13 Å². The van der Waals surface area contributed by atoms with Crippen molar-refractivity contribution in [3.8, 4) is 0 Å². The van der Waals surface area contributed by atoms with Gasteiger partial charge in [0.05, 0.1) is 0 Å². The van der Waals surface area contributed by atoms with Crippen molar-refractivity contribution < 1.29 is 0 Å². The molecule has 15 heavy (non-hydrogen) atoms. The van der Waals surface area contributed by atoms with Gasteiger partial charge in [-0.2, -0.15) is 4.37 Å². The van der Waals surface area contributed by atoms with E-state index in [-0.39, 0.29) is 0 Å². The molecule has 0 bridgehead atoms. The Morgan fingerprint density at radius 3 is 3.00 bits per heavy atom. The first-order chi connectivity index (χ1) is 7.29. The van der Waals surface area contributed by atoms with Crippen LogP contribution in [0.15, 0.2) is 0 Å². The second-order valence-electron chi connectivity index (χ2n) is 4.50. The lowest BCUT2D eigenvalue weighted by atomic mass is 10.1. The molecule has 84 valence electrons. The number of anilines is 1. The third-order valence-corrected chi connectivity index (χ3v) is 3.71. The Morgan fingerprint density at radius 2 is 2.33 bits per heavy atom. The highest BCUT2D eigenvalue weighted by Crippen LogP contribution is 2.37. The molecule has 1 fully saturated rings. The summed E-state index contributed by atoms with van der Waals surface area (Å²) in [6.07, 6.45) is 5.01. The molecule has 4 heteroatoms. The van der Waals surface area contributed by atoms with Gasteiger partial charge in [0.2, 0.25) is 5.13 Å². The van der Waals surface area contributed by atoms with E-state index in [1.165, 1.54) is 30.8 Å². The summed E-state index contributed by atoms with van der Waals surface area (Å²) >= 11 is 1.51. The lowest BCUT2D eigenvalue weighted by molar-refractivity contribution is 0.588. The summed E-state index contributed by atoms with van der Waals surface area (Å²) in [5.41, 5.74) is 0. The molecule has 1 saturated carbocycles. The van der Waals surface area contributed by atoms with E-state index in [0.717, 1.165) is 29.8 Å². The van der Waals surface area contributed by atoms with E-state index in [1.54, 1.807) is 0 Å². The van der Waals surface area contributed by atoms with E-state index in [2.05, 4.69) is 28.5 Å². The number of nitrogens with one attached hydrogen (secondary N) is 1. The van der Waals surface area contributed by atoms with Crippen LogP contribution < -0.4 is 5.32 Å². The molecule has 0 aromatic carbocycles. The zero-order valence-corrected chi connectivity index (χ0v) is 10.3. The average molecular weight is 225 g/mol. The van der Waals surface area contributed by atoms with Gasteiger partial charge in [-0.3, -0.25) is 0 Å². The molecule has 1 N–H and O–H groups in total. The summed E-state index contributed by atoms with van der Waals surface area (Å²) in [6.45, 7) is 5.48. The van der Waals surface area contributed by atoms with Crippen molar-refractivity contribution >= 4 is 16.7 Å². The molecule has 2 rings (SSSR count). The molecule has 0 saturated heterocycles. The van der Waals surface area contributed by atoms with Crippen LogP contribution in [0.25, 0.3) is 0 Å². The first kappa shape index (κ1) is 10.9. The monoisotopic (exact) mass is 225 g/mol. The van der Waals surface area contributed by atoms with Gasteiger partial charge in [-0.05, 0) is 31.6 Å². The minimum atomic E-state index is 0.619. The van der Waals surface area contributed by atoms with Gasteiger partial charge in [0.1, 0.15) is 5.82 Å². The van der Waals surface area contributed by atoms with Gasteiger partial charge < -0.3 is 5.32 Å². The van der Waals surface area contributed by atoms with Crippen LogP contribution in [-0.4, -0.2) is 15.9 Å². The van der Waals surface area contributed by atoms with Crippen molar-refractivity contribution in [3.05, 3.63) is 5.82 Å². The Labute approximate surface area is 95.5 Å². The maximum atomic E-state index is 4.56. The molecule has 1 aliphatic rings. The smallest absolute Gasteiger partial charge is 0.202 e. The summed E-state index contributed by atoms with van der Waals surface area (Å²) in [5, 5.41) is 4.29. The van der Waals surface area contributed by atoms with Crippen molar-refractivity contribution in [2.75, 3.05) is 11.9 Å². The highest BCUT2D eigenvalue weighted by molar-refractivity contribution is 7.09. The molecule has 0 amide bonds. The molecule has 1 heterocycles. The predicted molar refractivity (Wildman–Crippen MR) is 64.4 cm³/mol. The summed E-state index contributed by atoms with van der Waals surface area (Å²) < 4.78 is 4.45. The number of hydrogen-bond acceptors (Lipinski definition) is 4. The molecule has 3 nitrogen and oxygen atoms in total. The lowest BCUT2D eigenvalue weighted by Crippen LogP contribution is -2.00. The van der Waals surface area contributed by atoms with E-state index in [9.17, 15) is 0 Å². The average Bonchev–Trinajstić information content (AvgIpc) is 2.83. The largest absolute Gasteiger partial charge is 0.360 e. The van der Waals surface area contributed by atoms with E-state index in [1.807, 2.05) is 0 Å². The second-order valence-corrected chi connectivity index (χ2v) is 5.25. The maximum Gasteiger partial charge on any atom is 0.202 e. The first-order valence-electron chi connectivity index (χ1n) is 5.87. The zero-order valence-electron chi connectivity index (χ0n) is 9.49. The topological polar surface area (TPSA) is 37.8 Å². The van der Waals surface area contributed by atoms with Gasteiger partial charge in [-0.1, -0.05) is 13.8 Å². The summed E-state index contributed by atoms with van der Waals surface area (Å²) in [7, 11) is 0. The van der Waals surface area contributed by atoms with E-state index in [0.29, 0.717) is 5.92 Å². The SMILES string of the molecule is CCCNc1nc(C2CCC(C)C2)ns1. The molecular formula is C11H19N3S. The van der Waals surface area contributed by atoms with Gasteiger partial charge in [0, 0.05) is 24.0 Å². The Bertz CT molecular complexity index is 311. The van der Waals surface area contributed by atoms with E-state index >= 15 is 0 Å². The number of hydrogen-bond donors (Lipinski definition) is 1. The van der Waals surface area contributed by atoms with Crippen LogP contribution in [0.1, 0.15) is 51.3 Å². The fourth-order valence-electron chi connectivity index (χ4n) is 2.15. The van der Waals surface area contributed by atoms with Crippen molar-refractivity contribution in [3.63, 3.8) is 0 Å². The molecule has 2 atom stereocenters. The quantitative estimate of drug-likeness (QED) is 0.854. The fraction of sp³-hybridized carbons (Fsp3) is 0.818. The fourth-order valence-corrected chi connectivity index (χ4v) is 2.82. The molecular weight excluding hydrogens is 206 g/mol. The third kappa shape index (κ3) is 2.68. The Balaban J connectivity index is 1.94. The Morgan fingerprint density at radius 1 is 1.47 bits per heavy atom. The van der Waals surface area contributed by atoms with Gasteiger partial charge in [0.25, 0.3) is 0 Å². The second kappa shape index (κ2) is 4.92. The van der Waals surface area contributed by atoms with Gasteiger partial charge in [-0.25, -0.2) is 4.98 Å². The lowest BCUT2D eigenvalue weighted by Gasteiger charge is -2.03. The maximum absolute atomic E-state index is 4.56. The summed E-state index contributed by atoms with van der Waals surface area (Å²) in [6, 6.07) is 0. The van der Waals surface area contributed by atoms with Crippen LogP contribution >= 0.6 is 11.5 Å². The van der Waals surface area contributed by atoms with Crippen LogP contribution in [0.2, 0.25) is 0 Å². The van der Waals surface area contributed by atoms with Crippen molar-refractivity contribution in [1.29, 1.82) is 0 Å². The van der Waals surface area contributed by atoms with Crippen molar-refractivity contribution in [1.82, 2.24) is 9.36 Å². The Kier molecular flexibility index (Phi) is 3.57. The molecule has 1 aliphatic carbocycles. The molecule has 0 aliphatic heterocycles. The zero-order chi connectivity index (χ0) is 10.7.